The van der Waals surface area contributed by atoms with Crippen LogP contribution < -0.4 is 5.73 Å². The monoisotopic (exact) mass is 143 g/mol. The van der Waals surface area contributed by atoms with E-state index in [4.69, 9.17) is 10.8 Å². The van der Waals surface area contributed by atoms with Gasteiger partial charge in [0.2, 0.25) is 0 Å². The van der Waals surface area contributed by atoms with Gasteiger partial charge in [-0.2, -0.15) is 0 Å². The number of hydrogen-bond acceptors (Lipinski definition) is 2. The first-order valence-electron chi connectivity index (χ1n) is 3.43. The molecule has 0 heterocycles. The van der Waals surface area contributed by atoms with Crippen molar-refractivity contribution in [1.29, 1.82) is 0 Å². The van der Waals surface area contributed by atoms with Crippen molar-refractivity contribution in [2.24, 2.45) is 17.1 Å². The molecule has 0 aromatic heterocycles. The van der Waals surface area contributed by atoms with E-state index in [1.165, 1.54) is 0 Å². The van der Waals surface area contributed by atoms with Gasteiger partial charge in [-0.3, -0.25) is 4.79 Å². The van der Waals surface area contributed by atoms with Gasteiger partial charge in [0.05, 0.1) is 5.92 Å². The molecule has 1 saturated carbocycles. The summed E-state index contributed by atoms with van der Waals surface area (Å²) in [6.45, 7) is 3.99. The van der Waals surface area contributed by atoms with Gasteiger partial charge in [-0.1, -0.05) is 13.8 Å². The molecule has 1 aliphatic rings. The second-order valence-corrected chi connectivity index (χ2v) is 3.66. The highest BCUT2D eigenvalue weighted by atomic mass is 16.4. The molecule has 58 valence electrons. The van der Waals surface area contributed by atoms with Gasteiger partial charge < -0.3 is 10.8 Å². The van der Waals surface area contributed by atoms with Crippen LogP contribution in [-0.2, 0) is 4.79 Å². The molecule has 1 rings (SSSR count). The molecule has 0 bridgehead atoms. The maximum absolute atomic E-state index is 10.4. The Labute approximate surface area is 60.2 Å². The van der Waals surface area contributed by atoms with Gasteiger partial charge in [0.25, 0.3) is 0 Å². The molecule has 10 heavy (non-hydrogen) atoms. The summed E-state index contributed by atoms with van der Waals surface area (Å²) in [5, 5.41) is 8.56. The van der Waals surface area contributed by atoms with Gasteiger partial charge in [-0.15, -0.1) is 0 Å². The minimum Gasteiger partial charge on any atom is -0.481 e. The fourth-order valence-electron chi connectivity index (χ4n) is 1.45. The molecule has 1 fully saturated rings. The maximum atomic E-state index is 10.4. The van der Waals surface area contributed by atoms with Crippen LogP contribution in [0.3, 0.4) is 0 Å². The van der Waals surface area contributed by atoms with Crippen LogP contribution in [0, 0.1) is 11.3 Å². The Hall–Kier alpha value is -0.570. The highest BCUT2D eigenvalue weighted by Crippen LogP contribution is 2.43. The van der Waals surface area contributed by atoms with Crippen molar-refractivity contribution in [2.75, 3.05) is 0 Å². The molecule has 0 aliphatic heterocycles. The molecule has 3 nitrogen and oxygen atoms in total. The van der Waals surface area contributed by atoms with E-state index in [-0.39, 0.29) is 17.4 Å². The van der Waals surface area contributed by atoms with Crippen LogP contribution in [-0.4, -0.2) is 17.1 Å². The van der Waals surface area contributed by atoms with Crippen molar-refractivity contribution >= 4 is 5.97 Å². The zero-order valence-corrected chi connectivity index (χ0v) is 6.29. The fourth-order valence-corrected chi connectivity index (χ4v) is 1.45. The first kappa shape index (κ1) is 7.54. The normalized spacial score (nSPS) is 36.7. The first-order chi connectivity index (χ1) is 4.45. The molecule has 0 amide bonds. The van der Waals surface area contributed by atoms with Crippen molar-refractivity contribution in [3.05, 3.63) is 0 Å². The number of nitrogens with two attached hydrogens (primary N) is 1. The van der Waals surface area contributed by atoms with E-state index in [0.717, 1.165) is 0 Å². The molecule has 1 aliphatic carbocycles. The summed E-state index contributed by atoms with van der Waals surface area (Å²) < 4.78 is 0. The molecule has 0 aromatic carbocycles. The Bertz CT molecular complexity index is 165. The first-order valence-corrected chi connectivity index (χ1v) is 3.43. The topological polar surface area (TPSA) is 63.3 Å². The minimum atomic E-state index is -0.758. The van der Waals surface area contributed by atoms with Gasteiger partial charge >= 0.3 is 5.97 Å². The number of aliphatic carboxylic acids is 1. The molecular weight excluding hydrogens is 130 g/mol. The Kier molecular flexibility index (Phi) is 1.47. The summed E-state index contributed by atoms with van der Waals surface area (Å²) in [5.41, 5.74) is 5.65. The van der Waals surface area contributed by atoms with Gasteiger partial charge in [0.15, 0.2) is 0 Å². The van der Waals surface area contributed by atoms with Gasteiger partial charge in [-0.05, 0) is 11.8 Å². The predicted molar refractivity (Wildman–Crippen MR) is 37.5 cm³/mol. The molecule has 3 N–H and O–H groups in total. The van der Waals surface area contributed by atoms with Crippen LogP contribution in [0.15, 0.2) is 0 Å². The summed E-state index contributed by atoms with van der Waals surface area (Å²) in [4.78, 5) is 10.4. The zero-order valence-electron chi connectivity index (χ0n) is 6.29. The van der Waals surface area contributed by atoms with Crippen LogP contribution in [0.25, 0.3) is 0 Å². The van der Waals surface area contributed by atoms with E-state index in [9.17, 15) is 4.79 Å². The lowest BCUT2D eigenvalue weighted by Gasteiger charge is -2.47. The summed E-state index contributed by atoms with van der Waals surface area (Å²) in [7, 11) is 0. The highest BCUT2D eigenvalue weighted by Gasteiger charge is 2.48. The smallest absolute Gasteiger partial charge is 0.308 e. The Morgan fingerprint density at radius 2 is 2.20 bits per heavy atom. The highest BCUT2D eigenvalue weighted by molar-refractivity contribution is 5.72. The lowest BCUT2D eigenvalue weighted by molar-refractivity contribution is -0.150. The number of rotatable bonds is 1. The quantitative estimate of drug-likeness (QED) is 0.560. The van der Waals surface area contributed by atoms with Crippen molar-refractivity contribution in [3.8, 4) is 0 Å². The van der Waals surface area contributed by atoms with Gasteiger partial charge in [0, 0.05) is 6.04 Å². The Morgan fingerprint density at radius 1 is 1.70 bits per heavy atom. The van der Waals surface area contributed by atoms with E-state index in [2.05, 4.69) is 0 Å². The molecule has 0 radical (unpaired) electrons. The van der Waals surface area contributed by atoms with E-state index < -0.39 is 5.97 Å². The second kappa shape index (κ2) is 1.95. The van der Waals surface area contributed by atoms with Crippen LogP contribution in [0.1, 0.15) is 20.3 Å². The molecule has 0 saturated heterocycles. The number of carboxylic acids is 1. The largest absolute Gasteiger partial charge is 0.481 e. The molecule has 2 atom stereocenters. The fraction of sp³-hybridized carbons (Fsp3) is 0.857. The van der Waals surface area contributed by atoms with Crippen LogP contribution >= 0.6 is 0 Å². The van der Waals surface area contributed by atoms with E-state index in [0.29, 0.717) is 6.42 Å². The van der Waals surface area contributed by atoms with E-state index in [1.807, 2.05) is 13.8 Å². The predicted octanol–water partition coefficient (Wildman–Crippen LogP) is 0.444. The second-order valence-electron chi connectivity index (χ2n) is 3.66. The maximum Gasteiger partial charge on any atom is 0.308 e. The lowest BCUT2D eigenvalue weighted by Crippen LogP contribution is -2.57. The summed E-state index contributed by atoms with van der Waals surface area (Å²) in [5.74, 6) is -1.07. The van der Waals surface area contributed by atoms with Crippen molar-refractivity contribution < 1.29 is 9.90 Å². The lowest BCUT2D eigenvalue weighted by atomic mass is 9.60. The third kappa shape index (κ3) is 0.904. The molecule has 2 unspecified atom stereocenters. The summed E-state index contributed by atoms with van der Waals surface area (Å²) >= 11 is 0. The van der Waals surface area contributed by atoms with Crippen LogP contribution in [0.2, 0.25) is 0 Å². The molecular formula is C7H13NO2. The van der Waals surface area contributed by atoms with Crippen LogP contribution in [0.5, 0.6) is 0 Å². The number of carboxylic acid groups (broad SMARTS) is 1. The minimum absolute atomic E-state index is 0.0308. The molecule has 3 heteroatoms. The SMILES string of the molecule is CC1(C)CC(C(=O)O)C1N. The third-order valence-corrected chi connectivity index (χ3v) is 2.40. The van der Waals surface area contributed by atoms with Crippen molar-refractivity contribution in [2.45, 2.75) is 26.3 Å². The Balaban J connectivity index is 2.55. The summed E-state index contributed by atoms with van der Waals surface area (Å²) in [6, 6.07) is -0.162. The average Bonchev–Trinajstić information content (AvgIpc) is 1.82. The molecule has 0 spiro atoms. The average molecular weight is 143 g/mol. The van der Waals surface area contributed by atoms with E-state index >= 15 is 0 Å². The van der Waals surface area contributed by atoms with Gasteiger partial charge in [0.1, 0.15) is 0 Å². The van der Waals surface area contributed by atoms with E-state index in [1.54, 1.807) is 0 Å². The summed E-state index contributed by atoms with van der Waals surface area (Å²) in [6.07, 6.45) is 0.712. The van der Waals surface area contributed by atoms with Gasteiger partial charge in [-0.25, -0.2) is 0 Å². The van der Waals surface area contributed by atoms with Crippen molar-refractivity contribution in [1.82, 2.24) is 0 Å². The number of hydrogen-bond donors (Lipinski definition) is 2. The number of carbonyl (C=O) groups is 1. The zero-order chi connectivity index (χ0) is 7.94. The molecule has 0 aromatic rings. The third-order valence-electron chi connectivity index (χ3n) is 2.40. The van der Waals surface area contributed by atoms with Crippen LogP contribution in [0.4, 0.5) is 0 Å². The van der Waals surface area contributed by atoms with Crippen molar-refractivity contribution in [3.63, 3.8) is 0 Å². The standard InChI is InChI=1S/C7H13NO2/c1-7(2)3-4(5(7)8)6(9)10/h4-5H,3,8H2,1-2H3,(H,9,10). The Morgan fingerprint density at radius 3 is 2.30 bits per heavy atom.